The molecule has 0 bridgehead atoms. The maximum Gasteiger partial charge on any atom is 0.271 e. The largest absolute Gasteiger partial charge is 0.492 e. The number of ether oxygens (including phenoxy) is 4. The molecule has 3 aromatic rings. The predicted molar refractivity (Wildman–Crippen MR) is 140 cm³/mol. The lowest BCUT2D eigenvalue weighted by Crippen LogP contribution is -2.18. The molecule has 5 rings (SSSR count). The van der Waals surface area contributed by atoms with Crippen molar-refractivity contribution in [2.24, 2.45) is 10.3 Å². The summed E-state index contributed by atoms with van der Waals surface area (Å²) in [7, 11) is 2.93. The number of hydrogen-bond acceptors (Lipinski definition) is 10. The molecule has 1 N–H and O–H groups in total. The van der Waals surface area contributed by atoms with Crippen LogP contribution in [0.15, 0.2) is 58.8 Å². The number of hydrogen-bond donors (Lipinski definition) is 1. The monoisotopic (exact) mass is 550 g/mol. The Bertz CT molecular complexity index is 1520. The summed E-state index contributed by atoms with van der Waals surface area (Å²) < 4.78 is 36.0. The predicted octanol–water partition coefficient (Wildman–Crippen LogP) is 3.98. The van der Waals surface area contributed by atoms with Crippen LogP contribution in [0.1, 0.15) is 33.5 Å². The average Bonchev–Trinajstić information content (AvgIpc) is 3.64. The molecule has 13 heteroatoms. The first-order valence-electron chi connectivity index (χ1n) is 12.0. The van der Waals surface area contributed by atoms with Crippen molar-refractivity contribution in [2.45, 2.75) is 18.9 Å². The molecule has 0 aromatic heterocycles. The Morgan fingerprint density at radius 3 is 2.60 bits per heavy atom. The molecule has 1 unspecified atom stereocenters. The summed E-state index contributed by atoms with van der Waals surface area (Å²) in [5.41, 5.74) is 4.65. The summed E-state index contributed by atoms with van der Waals surface area (Å²) >= 11 is 0. The molecule has 1 atom stereocenters. The van der Waals surface area contributed by atoms with E-state index in [-0.39, 0.29) is 30.3 Å². The molecule has 0 fully saturated rings. The number of carbonyl (C=O) groups is 1. The summed E-state index contributed by atoms with van der Waals surface area (Å²) in [4.78, 5) is 28.8. The summed E-state index contributed by atoms with van der Waals surface area (Å²) in [6.45, 7) is -0.0522. The highest BCUT2D eigenvalue weighted by molar-refractivity contribution is 6.01. The Kier molecular flexibility index (Phi) is 7.44. The third-order valence-electron chi connectivity index (χ3n) is 6.30. The van der Waals surface area contributed by atoms with E-state index in [4.69, 9.17) is 23.8 Å². The standard InChI is InChI=1S/C27H23FN4O8/c1-36-23-20(11-19-12-22(31-40-19)15-6-8-17(28)9-7-15)21(24(37-2)26-25(23)38-14-39-26)13-29-30-27(33)16-4-3-5-18(10-16)32(34)35/h3-10,13,19H,11-12,14H2,1-2H3,(H,30,33). The van der Waals surface area contributed by atoms with Gasteiger partial charge in [-0.2, -0.15) is 5.10 Å². The summed E-state index contributed by atoms with van der Waals surface area (Å²) in [6, 6.07) is 11.2. The Morgan fingerprint density at radius 1 is 1.18 bits per heavy atom. The number of rotatable bonds is 9. The van der Waals surface area contributed by atoms with Gasteiger partial charge < -0.3 is 23.8 Å². The summed E-state index contributed by atoms with van der Waals surface area (Å²) in [5.74, 6) is 0.339. The SMILES string of the molecule is COc1c(C=NNC(=O)c2cccc([N+](=O)[O-])c2)c(CC2CC(c3ccc(F)cc3)=NO2)c(OC)c2c1OCO2. The number of methoxy groups -OCH3 is 2. The van der Waals surface area contributed by atoms with E-state index in [1.165, 1.54) is 50.8 Å². The third kappa shape index (κ3) is 5.21. The van der Waals surface area contributed by atoms with Crippen molar-refractivity contribution in [3.05, 3.63) is 86.7 Å². The number of nitrogens with zero attached hydrogens (tertiary/aromatic N) is 3. The number of carbonyl (C=O) groups excluding carboxylic acids is 1. The van der Waals surface area contributed by atoms with Gasteiger partial charge in [-0.25, -0.2) is 9.82 Å². The third-order valence-corrected chi connectivity index (χ3v) is 6.30. The van der Waals surface area contributed by atoms with Gasteiger partial charge in [0.25, 0.3) is 11.6 Å². The van der Waals surface area contributed by atoms with E-state index in [2.05, 4.69) is 15.7 Å². The van der Waals surface area contributed by atoms with Crippen molar-refractivity contribution in [2.75, 3.05) is 21.0 Å². The van der Waals surface area contributed by atoms with Gasteiger partial charge >= 0.3 is 0 Å². The van der Waals surface area contributed by atoms with E-state index in [1.54, 1.807) is 12.1 Å². The van der Waals surface area contributed by atoms with Crippen LogP contribution in [0.25, 0.3) is 0 Å². The van der Waals surface area contributed by atoms with Crippen LogP contribution < -0.4 is 24.4 Å². The molecule has 2 aliphatic rings. The van der Waals surface area contributed by atoms with Gasteiger partial charge in [-0.3, -0.25) is 14.9 Å². The minimum Gasteiger partial charge on any atom is -0.492 e. The molecule has 0 aliphatic carbocycles. The fourth-order valence-electron chi connectivity index (χ4n) is 4.45. The molecule has 0 radical (unpaired) electrons. The second-order valence-electron chi connectivity index (χ2n) is 8.71. The highest BCUT2D eigenvalue weighted by Crippen LogP contribution is 2.52. The van der Waals surface area contributed by atoms with Crippen LogP contribution in [-0.4, -0.2) is 49.9 Å². The van der Waals surface area contributed by atoms with E-state index < -0.39 is 16.9 Å². The van der Waals surface area contributed by atoms with Gasteiger partial charge in [-0.1, -0.05) is 23.4 Å². The van der Waals surface area contributed by atoms with E-state index in [0.717, 1.165) is 11.6 Å². The zero-order chi connectivity index (χ0) is 28.2. The molecule has 2 aliphatic heterocycles. The van der Waals surface area contributed by atoms with Gasteiger partial charge in [0.05, 0.1) is 31.1 Å². The molecule has 40 heavy (non-hydrogen) atoms. The molecular formula is C27H23FN4O8. The molecule has 0 spiro atoms. The summed E-state index contributed by atoms with van der Waals surface area (Å²) in [5, 5.41) is 19.3. The second kappa shape index (κ2) is 11.3. The average molecular weight is 550 g/mol. The van der Waals surface area contributed by atoms with E-state index in [9.17, 15) is 19.3 Å². The second-order valence-corrected chi connectivity index (χ2v) is 8.71. The number of amides is 1. The number of benzene rings is 3. The van der Waals surface area contributed by atoms with Crippen LogP contribution in [0.3, 0.4) is 0 Å². The van der Waals surface area contributed by atoms with Crippen LogP contribution in [0.2, 0.25) is 0 Å². The van der Waals surface area contributed by atoms with Gasteiger partial charge in [0.1, 0.15) is 11.9 Å². The number of fused-ring (bicyclic) bond motifs is 1. The van der Waals surface area contributed by atoms with Crippen molar-refractivity contribution in [3.63, 3.8) is 0 Å². The van der Waals surface area contributed by atoms with Crippen LogP contribution >= 0.6 is 0 Å². The summed E-state index contributed by atoms with van der Waals surface area (Å²) in [6.07, 6.45) is 1.67. The Labute approximate surface area is 227 Å². The lowest BCUT2D eigenvalue weighted by molar-refractivity contribution is -0.384. The number of nitro benzene ring substituents is 1. The highest BCUT2D eigenvalue weighted by atomic mass is 19.1. The zero-order valence-corrected chi connectivity index (χ0v) is 21.4. The van der Waals surface area contributed by atoms with Gasteiger partial charge in [-0.15, -0.1) is 0 Å². The minimum absolute atomic E-state index is 0.0522. The first-order valence-corrected chi connectivity index (χ1v) is 12.0. The maximum atomic E-state index is 13.4. The first-order chi connectivity index (χ1) is 19.4. The van der Waals surface area contributed by atoms with Crippen molar-refractivity contribution in [1.29, 1.82) is 0 Å². The van der Waals surface area contributed by atoms with E-state index in [0.29, 0.717) is 46.3 Å². The van der Waals surface area contributed by atoms with Crippen molar-refractivity contribution >= 4 is 23.5 Å². The lowest BCUT2D eigenvalue weighted by atomic mass is 9.95. The number of hydrazone groups is 1. The highest BCUT2D eigenvalue weighted by Gasteiger charge is 2.34. The number of nitrogens with one attached hydrogen (secondary N) is 1. The van der Waals surface area contributed by atoms with Crippen molar-refractivity contribution in [1.82, 2.24) is 5.43 Å². The van der Waals surface area contributed by atoms with Crippen LogP contribution in [0.5, 0.6) is 23.0 Å². The number of halogens is 1. The van der Waals surface area contributed by atoms with E-state index in [1.807, 2.05) is 0 Å². The van der Waals surface area contributed by atoms with Gasteiger partial charge in [-0.05, 0) is 23.8 Å². The molecule has 206 valence electrons. The Hall–Kier alpha value is -5.20. The maximum absolute atomic E-state index is 13.4. The molecule has 12 nitrogen and oxygen atoms in total. The van der Waals surface area contributed by atoms with Gasteiger partial charge in [0.2, 0.25) is 18.3 Å². The van der Waals surface area contributed by atoms with E-state index >= 15 is 0 Å². The fourth-order valence-corrected chi connectivity index (χ4v) is 4.45. The van der Waals surface area contributed by atoms with Gasteiger partial charge in [0.15, 0.2) is 11.5 Å². The van der Waals surface area contributed by atoms with Crippen molar-refractivity contribution in [3.8, 4) is 23.0 Å². The normalized spacial score (nSPS) is 15.5. The van der Waals surface area contributed by atoms with Crippen LogP contribution in [0, 0.1) is 15.9 Å². The number of non-ortho nitro benzene ring substituents is 1. The molecule has 3 aromatic carbocycles. The molecular weight excluding hydrogens is 527 g/mol. The molecule has 1 amide bonds. The molecule has 2 heterocycles. The smallest absolute Gasteiger partial charge is 0.271 e. The number of nitro groups is 1. The Balaban J connectivity index is 1.43. The zero-order valence-electron chi connectivity index (χ0n) is 21.4. The molecule has 0 saturated heterocycles. The van der Waals surface area contributed by atoms with Crippen molar-refractivity contribution < 1.29 is 37.9 Å². The fraction of sp³-hybridized carbons (Fsp3) is 0.222. The lowest BCUT2D eigenvalue weighted by Gasteiger charge is -2.19. The minimum atomic E-state index is -0.648. The van der Waals surface area contributed by atoms with Gasteiger partial charge in [0, 0.05) is 41.7 Å². The van der Waals surface area contributed by atoms with Crippen LogP contribution in [0.4, 0.5) is 10.1 Å². The molecule has 0 saturated carbocycles. The Morgan fingerprint density at radius 2 is 1.90 bits per heavy atom. The number of oxime groups is 1. The first kappa shape index (κ1) is 26.4. The quantitative estimate of drug-likeness (QED) is 0.239. The topological polar surface area (TPSA) is 143 Å². The van der Waals surface area contributed by atoms with Crippen LogP contribution in [-0.2, 0) is 11.3 Å².